The van der Waals surface area contributed by atoms with Gasteiger partial charge >= 0.3 is 5.97 Å². The van der Waals surface area contributed by atoms with E-state index in [1.54, 1.807) is 30.3 Å². The number of nitrogens with one attached hydrogen (secondary N) is 2. The molecule has 0 heterocycles. The lowest BCUT2D eigenvalue weighted by molar-refractivity contribution is -0.137. The van der Waals surface area contributed by atoms with E-state index in [-0.39, 0.29) is 30.0 Å². The molecule has 1 unspecified atom stereocenters. The molecule has 2 aromatic carbocycles. The lowest BCUT2D eigenvalue weighted by atomic mass is 10.00. The highest BCUT2D eigenvalue weighted by atomic mass is 19.1. The van der Waals surface area contributed by atoms with Gasteiger partial charge in [0.05, 0.1) is 6.42 Å². The van der Waals surface area contributed by atoms with Crippen LogP contribution < -0.4 is 10.6 Å². The molecular weight excluding hydrogens is 363 g/mol. The maximum absolute atomic E-state index is 13.2. The minimum absolute atomic E-state index is 0.0611. The number of hydrogen-bond donors (Lipinski definition) is 3. The van der Waals surface area contributed by atoms with E-state index < -0.39 is 12.5 Å². The van der Waals surface area contributed by atoms with Gasteiger partial charge < -0.3 is 15.7 Å². The van der Waals surface area contributed by atoms with Crippen LogP contribution in [0.3, 0.4) is 0 Å². The maximum atomic E-state index is 13.2. The van der Waals surface area contributed by atoms with Crippen LogP contribution in [0.2, 0.25) is 0 Å². The summed E-state index contributed by atoms with van der Waals surface area (Å²) in [6.45, 7) is 1.40. The number of amides is 2. The minimum Gasteiger partial charge on any atom is -0.480 e. The summed E-state index contributed by atoms with van der Waals surface area (Å²) in [6, 6.07) is 13.1. The van der Waals surface area contributed by atoms with Crippen molar-refractivity contribution in [1.82, 2.24) is 5.32 Å². The summed E-state index contributed by atoms with van der Waals surface area (Å²) in [6.07, 6.45) is 1.26. The number of hydrogen-bond acceptors (Lipinski definition) is 3. The number of carboxylic acid groups (broad SMARTS) is 1. The number of rotatable bonds is 9. The first-order chi connectivity index (χ1) is 13.3. The van der Waals surface area contributed by atoms with Crippen molar-refractivity contribution in [2.24, 2.45) is 5.92 Å². The highest BCUT2D eigenvalue weighted by Gasteiger charge is 2.13. The molecule has 7 heteroatoms. The zero-order chi connectivity index (χ0) is 20.5. The zero-order valence-electron chi connectivity index (χ0n) is 15.6. The molecule has 0 aliphatic rings. The predicted octanol–water partition coefficient (Wildman–Crippen LogP) is 2.78. The van der Waals surface area contributed by atoms with E-state index in [0.717, 1.165) is 5.56 Å². The molecular formula is C21H23FN2O4. The number of carbonyl (C=O) groups is 3. The highest BCUT2D eigenvalue weighted by molar-refractivity contribution is 5.92. The van der Waals surface area contributed by atoms with Crippen LogP contribution in [0, 0.1) is 11.7 Å². The number of carbonyl (C=O) groups excluding carboxylic acids is 2. The Morgan fingerprint density at radius 1 is 1.07 bits per heavy atom. The van der Waals surface area contributed by atoms with E-state index in [0.29, 0.717) is 24.1 Å². The Morgan fingerprint density at radius 2 is 1.79 bits per heavy atom. The van der Waals surface area contributed by atoms with E-state index in [1.807, 2.05) is 13.0 Å². The van der Waals surface area contributed by atoms with Gasteiger partial charge in [-0.15, -0.1) is 0 Å². The SMILES string of the molecule is CC(CCc1cccc(F)c1)C(=O)Nc1ccc(CC(=O)NCC(=O)O)cc1. The summed E-state index contributed by atoms with van der Waals surface area (Å²) in [5, 5.41) is 13.6. The molecule has 0 saturated heterocycles. The minimum atomic E-state index is -1.10. The third-order valence-electron chi connectivity index (χ3n) is 4.23. The van der Waals surface area contributed by atoms with Crippen molar-refractivity contribution in [1.29, 1.82) is 0 Å². The van der Waals surface area contributed by atoms with Crippen LogP contribution in [0.25, 0.3) is 0 Å². The lowest BCUT2D eigenvalue weighted by Gasteiger charge is -2.13. The van der Waals surface area contributed by atoms with E-state index in [4.69, 9.17) is 5.11 Å². The van der Waals surface area contributed by atoms with Gasteiger partial charge in [0.15, 0.2) is 0 Å². The van der Waals surface area contributed by atoms with Gasteiger partial charge in [0.2, 0.25) is 11.8 Å². The third kappa shape index (κ3) is 7.19. The number of anilines is 1. The summed E-state index contributed by atoms with van der Waals surface area (Å²) < 4.78 is 13.2. The van der Waals surface area contributed by atoms with E-state index in [2.05, 4.69) is 10.6 Å². The Bertz CT molecular complexity index is 837. The van der Waals surface area contributed by atoms with Crippen LogP contribution in [0.1, 0.15) is 24.5 Å². The van der Waals surface area contributed by atoms with Crippen molar-refractivity contribution < 1.29 is 23.9 Å². The van der Waals surface area contributed by atoms with Gasteiger partial charge in [-0.1, -0.05) is 31.2 Å². The summed E-state index contributed by atoms with van der Waals surface area (Å²) in [7, 11) is 0. The molecule has 0 spiro atoms. The number of benzene rings is 2. The zero-order valence-corrected chi connectivity index (χ0v) is 15.6. The fourth-order valence-electron chi connectivity index (χ4n) is 2.60. The second-order valence-corrected chi connectivity index (χ2v) is 6.60. The topological polar surface area (TPSA) is 95.5 Å². The first-order valence-electron chi connectivity index (χ1n) is 8.96. The molecule has 0 aromatic heterocycles. The van der Waals surface area contributed by atoms with Crippen molar-refractivity contribution >= 4 is 23.5 Å². The number of aryl methyl sites for hydroxylation is 1. The standard InChI is InChI=1S/C21H23FN2O4/c1-14(5-6-15-3-2-4-17(22)11-15)21(28)24-18-9-7-16(8-10-18)12-19(25)23-13-20(26)27/h2-4,7-11,14H,5-6,12-13H2,1H3,(H,23,25)(H,24,28)(H,26,27). The quantitative estimate of drug-likeness (QED) is 0.618. The first-order valence-corrected chi connectivity index (χ1v) is 8.96. The maximum Gasteiger partial charge on any atom is 0.322 e. The smallest absolute Gasteiger partial charge is 0.322 e. The van der Waals surface area contributed by atoms with Gasteiger partial charge in [-0.25, -0.2) is 4.39 Å². The van der Waals surface area contributed by atoms with Crippen molar-refractivity contribution in [3.05, 3.63) is 65.5 Å². The monoisotopic (exact) mass is 386 g/mol. The molecule has 6 nitrogen and oxygen atoms in total. The molecule has 2 aromatic rings. The molecule has 148 valence electrons. The summed E-state index contributed by atoms with van der Waals surface area (Å²) in [5.74, 6) is -2.15. The van der Waals surface area contributed by atoms with Gasteiger partial charge in [0, 0.05) is 11.6 Å². The van der Waals surface area contributed by atoms with Gasteiger partial charge in [0.1, 0.15) is 12.4 Å². The van der Waals surface area contributed by atoms with Gasteiger partial charge in [-0.05, 0) is 48.2 Å². The highest BCUT2D eigenvalue weighted by Crippen LogP contribution is 2.15. The van der Waals surface area contributed by atoms with Crippen molar-refractivity contribution in [2.75, 3.05) is 11.9 Å². The van der Waals surface area contributed by atoms with Crippen LogP contribution in [0.5, 0.6) is 0 Å². The second-order valence-electron chi connectivity index (χ2n) is 6.60. The fourth-order valence-corrected chi connectivity index (χ4v) is 2.60. The van der Waals surface area contributed by atoms with Crippen LogP contribution in [0.4, 0.5) is 10.1 Å². The van der Waals surface area contributed by atoms with Crippen molar-refractivity contribution in [3.8, 4) is 0 Å². The molecule has 28 heavy (non-hydrogen) atoms. The Hall–Kier alpha value is -3.22. The molecule has 1 atom stereocenters. The number of halogens is 1. The summed E-state index contributed by atoms with van der Waals surface area (Å²) in [5.41, 5.74) is 2.17. The van der Waals surface area contributed by atoms with Crippen LogP contribution in [-0.4, -0.2) is 29.4 Å². The fraction of sp³-hybridized carbons (Fsp3) is 0.286. The van der Waals surface area contributed by atoms with Gasteiger partial charge in [-0.3, -0.25) is 14.4 Å². The Balaban J connectivity index is 1.81. The Labute approximate surface area is 162 Å². The first kappa shape index (κ1) is 21.1. The molecule has 0 saturated carbocycles. The predicted molar refractivity (Wildman–Crippen MR) is 103 cm³/mol. The largest absolute Gasteiger partial charge is 0.480 e. The molecule has 0 aliphatic carbocycles. The molecule has 2 rings (SSSR count). The van der Waals surface area contributed by atoms with E-state index >= 15 is 0 Å². The molecule has 0 bridgehead atoms. The molecule has 2 amide bonds. The van der Waals surface area contributed by atoms with Crippen LogP contribution in [-0.2, 0) is 27.2 Å². The Morgan fingerprint density at radius 3 is 2.43 bits per heavy atom. The van der Waals surface area contributed by atoms with Crippen molar-refractivity contribution in [3.63, 3.8) is 0 Å². The lowest BCUT2D eigenvalue weighted by Crippen LogP contribution is -2.30. The van der Waals surface area contributed by atoms with Gasteiger partial charge in [-0.2, -0.15) is 0 Å². The molecule has 0 aliphatic heterocycles. The summed E-state index contributed by atoms with van der Waals surface area (Å²) >= 11 is 0. The number of carboxylic acids is 1. The third-order valence-corrected chi connectivity index (χ3v) is 4.23. The van der Waals surface area contributed by atoms with E-state index in [9.17, 15) is 18.8 Å². The normalized spacial score (nSPS) is 11.5. The average Bonchev–Trinajstić information content (AvgIpc) is 2.66. The van der Waals surface area contributed by atoms with E-state index in [1.165, 1.54) is 12.1 Å². The Kier molecular flexibility index (Phi) is 7.68. The van der Waals surface area contributed by atoms with Gasteiger partial charge in [0.25, 0.3) is 0 Å². The second kappa shape index (κ2) is 10.2. The molecule has 0 radical (unpaired) electrons. The van der Waals surface area contributed by atoms with Crippen LogP contribution >= 0.6 is 0 Å². The molecule has 0 fully saturated rings. The van der Waals surface area contributed by atoms with Crippen molar-refractivity contribution in [2.45, 2.75) is 26.2 Å². The summed E-state index contributed by atoms with van der Waals surface area (Å²) in [4.78, 5) is 34.3. The average molecular weight is 386 g/mol. The number of aliphatic carboxylic acids is 1. The van der Waals surface area contributed by atoms with Crippen LogP contribution in [0.15, 0.2) is 48.5 Å². The molecule has 3 N–H and O–H groups in total.